The van der Waals surface area contributed by atoms with Gasteiger partial charge >= 0.3 is 0 Å². The average Bonchev–Trinajstić information content (AvgIpc) is 2.90. The molecule has 3 N–H and O–H groups in total. The van der Waals surface area contributed by atoms with Crippen LogP contribution >= 0.6 is 23.7 Å². The molecule has 102 valence electrons. The standard InChI is InChI=1S/C12H18N2O2S.ClH/c15-11(10-3-5-17-8-10)7-14-12(16)9-2-1-4-13-6-9;/h3,5,8-9,11,13,15H,1-2,4,6-7H2,(H,14,16);1H. The second-order valence-corrected chi connectivity index (χ2v) is 5.14. The Morgan fingerprint density at radius 1 is 1.67 bits per heavy atom. The van der Waals surface area contributed by atoms with Crippen LogP contribution in [0, 0.1) is 5.92 Å². The van der Waals surface area contributed by atoms with Crippen molar-refractivity contribution in [3.8, 4) is 0 Å². The lowest BCUT2D eigenvalue weighted by Crippen LogP contribution is -2.41. The first kappa shape index (κ1) is 15.4. The van der Waals surface area contributed by atoms with Crippen molar-refractivity contribution in [2.45, 2.75) is 18.9 Å². The minimum atomic E-state index is -0.596. The van der Waals surface area contributed by atoms with Crippen molar-refractivity contribution in [3.05, 3.63) is 22.4 Å². The van der Waals surface area contributed by atoms with Crippen LogP contribution in [0.15, 0.2) is 16.8 Å². The molecule has 0 saturated carbocycles. The van der Waals surface area contributed by atoms with E-state index in [2.05, 4.69) is 10.6 Å². The average molecular weight is 291 g/mol. The summed E-state index contributed by atoms with van der Waals surface area (Å²) in [6.45, 7) is 2.05. The largest absolute Gasteiger partial charge is 0.387 e. The number of hydrogen-bond donors (Lipinski definition) is 3. The fourth-order valence-corrected chi connectivity index (χ4v) is 2.71. The summed E-state index contributed by atoms with van der Waals surface area (Å²) in [4.78, 5) is 11.8. The van der Waals surface area contributed by atoms with E-state index in [4.69, 9.17) is 0 Å². The molecule has 6 heteroatoms. The third-order valence-corrected chi connectivity index (χ3v) is 3.77. The minimum Gasteiger partial charge on any atom is -0.387 e. The number of rotatable bonds is 4. The van der Waals surface area contributed by atoms with Gasteiger partial charge in [0.15, 0.2) is 0 Å². The first-order valence-electron chi connectivity index (χ1n) is 5.96. The van der Waals surface area contributed by atoms with Gasteiger partial charge in [-0.2, -0.15) is 11.3 Å². The first-order valence-corrected chi connectivity index (χ1v) is 6.90. The molecule has 4 nitrogen and oxygen atoms in total. The van der Waals surface area contributed by atoms with E-state index in [1.165, 1.54) is 0 Å². The third-order valence-electron chi connectivity index (χ3n) is 3.07. The van der Waals surface area contributed by atoms with E-state index in [0.29, 0.717) is 6.54 Å². The predicted molar refractivity (Wildman–Crippen MR) is 75.1 cm³/mol. The highest BCUT2D eigenvalue weighted by atomic mass is 35.5. The third kappa shape index (κ3) is 4.24. The summed E-state index contributed by atoms with van der Waals surface area (Å²) < 4.78 is 0. The van der Waals surface area contributed by atoms with E-state index in [9.17, 15) is 9.90 Å². The summed E-state index contributed by atoms with van der Waals surface area (Å²) in [6, 6.07) is 1.88. The van der Waals surface area contributed by atoms with Gasteiger partial charge in [-0.05, 0) is 41.8 Å². The zero-order valence-electron chi connectivity index (χ0n) is 10.1. The number of thiophene rings is 1. The van der Waals surface area contributed by atoms with Crippen LogP contribution in [0.1, 0.15) is 24.5 Å². The van der Waals surface area contributed by atoms with Gasteiger partial charge in [-0.15, -0.1) is 12.4 Å². The molecule has 1 amide bonds. The summed E-state index contributed by atoms with van der Waals surface area (Å²) >= 11 is 1.55. The zero-order chi connectivity index (χ0) is 12.1. The zero-order valence-corrected chi connectivity index (χ0v) is 11.7. The number of aliphatic hydroxyl groups excluding tert-OH is 1. The van der Waals surface area contributed by atoms with Gasteiger partial charge in [-0.25, -0.2) is 0 Å². The van der Waals surface area contributed by atoms with Crippen molar-refractivity contribution >= 4 is 29.7 Å². The first-order chi connectivity index (χ1) is 8.27. The molecule has 1 aliphatic rings. The summed E-state index contributed by atoms with van der Waals surface area (Å²) in [5, 5.41) is 19.7. The van der Waals surface area contributed by atoms with E-state index in [-0.39, 0.29) is 24.2 Å². The van der Waals surface area contributed by atoms with E-state index in [1.807, 2.05) is 16.8 Å². The summed E-state index contributed by atoms with van der Waals surface area (Å²) in [5.41, 5.74) is 0.872. The molecule has 0 bridgehead atoms. The molecule has 2 heterocycles. The Hall–Kier alpha value is -0.620. The van der Waals surface area contributed by atoms with E-state index >= 15 is 0 Å². The van der Waals surface area contributed by atoms with Crippen LogP contribution in [-0.4, -0.2) is 30.6 Å². The SMILES string of the molecule is Cl.O=C(NCC(O)c1ccsc1)C1CCCNC1. The highest BCUT2D eigenvalue weighted by Crippen LogP contribution is 2.16. The molecule has 1 aromatic heterocycles. The van der Waals surface area contributed by atoms with Crippen LogP contribution in [0.25, 0.3) is 0 Å². The molecule has 0 aromatic carbocycles. The van der Waals surface area contributed by atoms with Crippen LogP contribution in [0.5, 0.6) is 0 Å². The van der Waals surface area contributed by atoms with Gasteiger partial charge < -0.3 is 15.7 Å². The molecule has 18 heavy (non-hydrogen) atoms. The van der Waals surface area contributed by atoms with Gasteiger partial charge in [0.05, 0.1) is 12.0 Å². The van der Waals surface area contributed by atoms with Crippen molar-refractivity contribution in [3.63, 3.8) is 0 Å². The van der Waals surface area contributed by atoms with E-state index in [0.717, 1.165) is 31.5 Å². The normalized spacial score (nSPS) is 20.8. The second kappa shape index (κ2) is 7.74. The molecule has 1 fully saturated rings. The van der Waals surface area contributed by atoms with Crippen molar-refractivity contribution < 1.29 is 9.90 Å². The fraction of sp³-hybridized carbons (Fsp3) is 0.583. The van der Waals surface area contributed by atoms with Crippen LogP contribution in [-0.2, 0) is 4.79 Å². The highest BCUT2D eigenvalue weighted by Gasteiger charge is 2.21. The lowest BCUT2D eigenvalue weighted by molar-refractivity contribution is -0.125. The topological polar surface area (TPSA) is 61.4 Å². The Balaban J connectivity index is 0.00000162. The fourth-order valence-electron chi connectivity index (χ4n) is 2.00. The Morgan fingerprint density at radius 2 is 2.50 bits per heavy atom. The lowest BCUT2D eigenvalue weighted by atomic mass is 9.99. The van der Waals surface area contributed by atoms with Crippen molar-refractivity contribution in [2.24, 2.45) is 5.92 Å². The van der Waals surface area contributed by atoms with Crippen LogP contribution in [0.4, 0.5) is 0 Å². The molecule has 0 radical (unpaired) electrons. The molecule has 0 aliphatic carbocycles. The number of amides is 1. The maximum absolute atomic E-state index is 11.8. The Labute approximate surface area is 117 Å². The van der Waals surface area contributed by atoms with Gasteiger partial charge in [-0.1, -0.05) is 0 Å². The van der Waals surface area contributed by atoms with E-state index in [1.54, 1.807) is 11.3 Å². The number of hydrogen-bond acceptors (Lipinski definition) is 4. The minimum absolute atomic E-state index is 0. The molecule has 2 rings (SSSR count). The number of nitrogens with one attached hydrogen (secondary N) is 2. The molecule has 2 unspecified atom stereocenters. The number of carbonyl (C=O) groups excluding carboxylic acids is 1. The van der Waals surface area contributed by atoms with Crippen LogP contribution in [0.2, 0.25) is 0 Å². The highest BCUT2D eigenvalue weighted by molar-refractivity contribution is 7.07. The molecule has 1 saturated heterocycles. The van der Waals surface area contributed by atoms with E-state index < -0.39 is 6.10 Å². The smallest absolute Gasteiger partial charge is 0.224 e. The quantitative estimate of drug-likeness (QED) is 0.784. The van der Waals surface area contributed by atoms with Crippen molar-refractivity contribution in [2.75, 3.05) is 19.6 Å². The van der Waals surface area contributed by atoms with Crippen LogP contribution in [0.3, 0.4) is 0 Å². The molecule has 0 spiro atoms. The number of piperidine rings is 1. The molecule has 2 atom stereocenters. The summed E-state index contributed by atoms with van der Waals surface area (Å²) in [6.07, 6.45) is 1.39. The predicted octanol–water partition coefficient (Wildman–Crippen LogP) is 1.32. The Bertz CT molecular complexity index is 353. The maximum Gasteiger partial charge on any atom is 0.224 e. The second-order valence-electron chi connectivity index (χ2n) is 4.36. The summed E-state index contributed by atoms with van der Waals surface area (Å²) in [5.74, 6) is 0.102. The molecule has 1 aromatic rings. The molecular formula is C12H19ClN2O2S. The van der Waals surface area contributed by atoms with Gasteiger partial charge in [-0.3, -0.25) is 4.79 Å². The maximum atomic E-state index is 11.8. The van der Waals surface area contributed by atoms with Gasteiger partial charge in [0.25, 0.3) is 0 Å². The Morgan fingerprint density at radius 3 is 3.11 bits per heavy atom. The Kier molecular flexibility index (Phi) is 6.63. The monoisotopic (exact) mass is 290 g/mol. The number of carbonyl (C=O) groups is 1. The van der Waals surface area contributed by atoms with Crippen LogP contribution < -0.4 is 10.6 Å². The summed E-state index contributed by atoms with van der Waals surface area (Å²) in [7, 11) is 0. The molecule has 1 aliphatic heterocycles. The lowest BCUT2D eigenvalue weighted by Gasteiger charge is -2.22. The van der Waals surface area contributed by atoms with Gasteiger partial charge in [0.1, 0.15) is 0 Å². The number of aliphatic hydroxyl groups is 1. The molecular weight excluding hydrogens is 272 g/mol. The van der Waals surface area contributed by atoms with Crippen molar-refractivity contribution in [1.82, 2.24) is 10.6 Å². The number of halogens is 1. The van der Waals surface area contributed by atoms with Crippen molar-refractivity contribution in [1.29, 1.82) is 0 Å². The van der Waals surface area contributed by atoms with Gasteiger partial charge in [0, 0.05) is 13.1 Å². The van der Waals surface area contributed by atoms with Gasteiger partial charge in [0.2, 0.25) is 5.91 Å².